The normalized spacial score (nSPS) is 15.0. The summed E-state index contributed by atoms with van der Waals surface area (Å²) in [6.07, 6.45) is 0. The Kier molecular flexibility index (Phi) is 6.42. The number of rotatable bonds is 5. The van der Waals surface area contributed by atoms with Crippen LogP contribution in [0.15, 0.2) is 0 Å². The van der Waals surface area contributed by atoms with E-state index in [-0.39, 0.29) is 0 Å². The van der Waals surface area contributed by atoms with Gasteiger partial charge in [-0.3, -0.25) is 0 Å². The molecule has 1 unspecified atom stereocenters. The lowest BCUT2D eigenvalue weighted by atomic mass is 10.2. The van der Waals surface area contributed by atoms with Gasteiger partial charge in [0.1, 0.15) is 0 Å². The molecule has 56 valence electrons. The van der Waals surface area contributed by atoms with Crippen molar-refractivity contribution in [1.29, 1.82) is 0 Å². The fourth-order valence-corrected chi connectivity index (χ4v) is 2.18. The van der Waals surface area contributed by atoms with E-state index in [4.69, 9.17) is 0 Å². The zero-order valence-electron chi connectivity index (χ0n) is 6.91. The van der Waals surface area contributed by atoms with E-state index in [2.05, 4.69) is 25.7 Å². The first-order valence-corrected chi connectivity index (χ1v) is 6.43. The molecule has 1 nitrogen and oxygen atoms in total. The van der Waals surface area contributed by atoms with E-state index in [0.717, 1.165) is 12.5 Å². The van der Waals surface area contributed by atoms with Gasteiger partial charge >= 0.3 is 0 Å². The van der Waals surface area contributed by atoms with Crippen LogP contribution in [-0.4, -0.2) is 22.6 Å². The van der Waals surface area contributed by atoms with Gasteiger partial charge in [0.25, 0.3) is 0 Å². The Balaban J connectivity index is 2.95. The van der Waals surface area contributed by atoms with Gasteiger partial charge in [0, 0.05) is 9.52 Å². The Labute approximate surface area is 61.1 Å². The minimum absolute atomic E-state index is 0.299. The Hall–Kier alpha value is 0.177. The van der Waals surface area contributed by atoms with Crippen LogP contribution >= 0.6 is 0 Å². The molecule has 9 heavy (non-hydrogen) atoms. The zero-order chi connectivity index (χ0) is 7.11. The van der Waals surface area contributed by atoms with E-state index in [9.17, 15) is 0 Å². The summed E-state index contributed by atoms with van der Waals surface area (Å²) < 4.78 is 0. The standard InChI is InChI=1S/C7H19NSi/c1-4-8-5-7(2)6-9-3/h7-8H,4-6,9H2,1-3H3. The summed E-state index contributed by atoms with van der Waals surface area (Å²) >= 11 is 0. The summed E-state index contributed by atoms with van der Waals surface area (Å²) in [5, 5.41) is 3.36. The Morgan fingerprint density at radius 1 is 1.56 bits per heavy atom. The van der Waals surface area contributed by atoms with Crippen LogP contribution in [0.4, 0.5) is 0 Å². The molecule has 0 saturated carbocycles. The molecule has 0 radical (unpaired) electrons. The van der Waals surface area contributed by atoms with Crippen molar-refractivity contribution in [2.75, 3.05) is 13.1 Å². The first kappa shape index (κ1) is 9.18. The first-order chi connectivity index (χ1) is 4.31. The quantitative estimate of drug-likeness (QED) is 0.566. The third-order valence-corrected chi connectivity index (χ3v) is 3.09. The van der Waals surface area contributed by atoms with E-state index in [1.165, 1.54) is 12.6 Å². The van der Waals surface area contributed by atoms with Gasteiger partial charge in [-0.05, 0) is 19.0 Å². The van der Waals surface area contributed by atoms with Crippen molar-refractivity contribution in [3.8, 4) is 0 Å². The van der Waals surface area contributed by atoms with E-state index in [0.29, 0.717) is 9.52 Å². The molecule has 0 rings (SSSR count). The smallest absolute Gasteiger partial charge is 0.0170 e. The van der Waals surface area contributed by atoms with Gasteiger partial charge in [-0.15, -0.1) is 0 Å². The zero-order valence-corrected chi connectivity index (χ0v) is 8.32. The Bertz CT molecular complexity index is 56.9. The Morgan fingerprint density at radius 3 is 2.67 bits per heavy atom. The molecule has 0 aliphatic heterocycles. The van der Waals surface area contributed by atoms with E-state index >= 15 is 0 Å². The van der Waals surface area contributed by atoms with Crippen LogP contribution in [0.2, 0.25) is 12.6 Å². The lowest BCUT2D eigenvalue weighted by Crippen LogP contribution is -2.20. The molecule has 0 saturated heterocycles. The fraction of sp³-hybridized carbons (Fsp3) is 1.00. The minimum atomic E-state index is 0.299. The van der Waals surface area contributed by atoms with Crippen molar-refractivity contribution in [1.82, 2.24) is 5.32 Å². The second-order valence-corrected chi connectivity index (χ2v) is 4.28. The highest BCUT2D eigenvalue weighted by Gasteiger charge is 1.96. The van der Waals surface area contributed by atoms with Crippen LogP contribution < -0.4 is 5.32 Å². The average molecular weight is 145 g/mol. The highest BCUT2D eigenvalue weighted by molar-refractivity contribution is 6.33. The number of hydrogen-bond donors (Lipinski definition) is 1. The first-order valence-electron chi connectivity index (χ1n) is 4.02. The van der Waals surface area contributed by atoms with Crippen LogP contribution in [-0.2, 0) is 0 Å². The van der Waals surface area contributed by atoms with Crippen LogP contribution in [0.1, 0.15) is 13.8 Å². The topological polar surface area (TPSA) is 12.0 Å². The molecule has 0 bridgehead atoms. The maximum atomic E-state index is 3.36. The molecule has 0 heterocycles. The molecule has 1 atom stereocenters. The van der Waals surface area contributed by atoms with E-state index in [1.807, 2.05) is 0 Å². The molecule has 0 fully saturated rings. The summed E-state index contributed by atoms with van der Waals surface area (Å²) in [4.78, 5) is 0. The highest BCUT2D eigenvalue weighted by Crippen LogP contribution is 1.98. The number of hydrogen-bond acceptors (Lipinski definition) is 1. The van der Waals surface area contributed by atoms with Crippen molar-refractivity contribution >= 4 is 9.52 Å². The fourth-order valence-electron chi connectivity index (χ4n) is 0.986. The highest BCUT2D eigenvalue weighted by atomic mass is 28.2. The van der Waals surface area contributed by atoms with Gasteiger partial charge in [-0.1, -0.05) is 26.4 Å². The second-order valence-electron chi connectivity index (χ2n) is 2.70. The SMILES string of the molecule is CCNCC(C)C[SiH2]C. The van der Waals surface area contributed by atoms with Crippen LogP contribution in [0.5, 0.6) is 0 Å². The van der Waals surface area contributed by atoms with Gasteiger partial charge < -0.3 is 5.32 Å². The molecule has 0 aliphatic carbocycles. The van der Waals surface area contributed by atoms with Crippen molar-refractivity contribution in [3.63, 3.8) is 0 Å². The molecular weight excluding hydrogens is 126 g/mol. The van der Waals surface area contributed by atoms with Crippen LogP contribution in [0.25, 0.3) is 0 Å². The predicted molar refractivity (Wildman–Crippen MR) is 46.9 cm³/mol. The maximum absolute atomic E-state index is 3.36. The largest absolute Gasteiger partial charge is 0.317 e. The predicted octanol–water partition coefficient (Wildman–Crippen LogP) is 0.867. The average Bonchev–Trinajstić information content (AvgIpc) is 1.85. The van der Waals surface area contributed by atoms with Crippen molar-refractivity contribution < 1.29 is 0 Å². The molecule has 2 heteroatoms. The second kappa shape index (κ2) is 6.30. The molecule has 1 N–H and O–H groups in total. The number of nitrogens with one attached hydrogen (secondary N) is 1. The Morgan fingerprint density at radius 2 is 2.22 bits per heavy atom. The monoisotopic (exact) mass is 145 g/mol. The lowest BCUT2D eigenvalue weighted by molar-refractivity contribution is 0.564. The third kappa shape index (κ3) is 6.06. The molecule has 0 aromatic rings. The summed E-state index contributed by atoms with van der Waals surface area (Å²) in [5.41, 5.74) is 0. The van der Waals surface area contributed by atoms with Gasteiger partial charge in [0.15, 0.2) is 0 Å². The van der Waals surface area contributed by atoms with Crippen molar-refractivity contribution in [2.24, 2.45) is 5.92 Å². The van der Waals surface area contributed by atoms with Gasteiger partial charge in [-0.2, -0.15) is 0 Å². The molecule has 0 aliphatic rings. The molecule has 0 spiro atoms. The summed E-state index contributed by atoms with van der Waals surface area (Å²) in [6, 6.07) is 1.49. The summed E-state index contributed by atoms with van der Waals surface area (Å²) in [5.74, 6) is 0.918. The lowest BCUT2D eigenvalue weighted by Gasteiger charge is -2.08. The van der Waals surface area contributed by atoms with Crippen LogP contribution in [0, 0.1) is 5.92 Å². The molecule has 0 aromatic carbocycles. The van der Waals surface area contributed by atoms with E-state index in [1.54, 1.807) is 0 Å². The van der Waals surface area contributed by atoms with Crippen molar-refractivity contribution in [3.05, 3.63) is 0 Å². The van der Waals surface area contributed by atoms with Crippen molar-refractivity contribution in [2.45, 2.75) is 26.4 Å². The maximum Gasteiger partial charge on any atom is 0.0170 e. The summed E-state index contributed by atoms with van der Waals surface area (Å²) in [7, 11) is 0.299. The molecule has 0 amide bonds. The van der Waals surface area contributed by atoms with E-state index < -0.39 is 0 Å². The van der Waals surface area contributed by atoms with Crippen LogP contribution in [0.3, 0.4) is 0 Å². The minimum Gasteiger partial charge on any atom is -0.317 e. The molecule has 0 aromatic heterocycles. The third-order valence-electron chi connectivity index (χ3n) is 1.52. The van der Waals surface area contributed by atoms with Gasteiger partial charge in [-0.25, -0.2) is 0 Å². The van der Waals surface area contributed by atoms with Gasteiger partial charge in [0.05, 0.1) is 0 Å². The van der Waals surface area contributed by atoms with Gasteiger partial charge in [0.2, 0.25) is 0 Å². The molecular formula is C7H19NSi. The summed E-state index contributed by atoms with van der Waals surface area (Å²) in [6.45, 7) is 9.21.